The molecule has 3 aromatic rings. The minimum Gasteiger partial charge on any atom is -0.480 e. The summed E-state index contributed by atoms with van der Waals surface area (Å²) in [6.45, 7) is 2.05. The zero-order valence-electron chi connectivity index (χ0n) is 14.0. The molecule has 0 bridgehead atoms. The van der Waals surface area contributed by atoms with Crippen molar-refractivity contribution in [1.82, 2.24) is 0 Å². The minimum absolute atomic E-state index is 0.0252. The fraction of sp³-hybridized carbons (Fsp3) is 0.0870. The van der Waals surface area contributed by atoms with Crippen LogP contribution in [-0.4, -0.2) is 5.78 Å². The first kappa shape index (κ1) is 15.4. The molecule has 3 aromatic carbocycles. The van der Waals surface area contributed by atoms with E-state index in [1.807, 2.05) is 85.8 Å². The van der Waals surface area contributed by atoms with Gasteiger partial charge in [0.1, 0.15) is 5.75 Å². The quantitative estimate of drug-likeness (QED) is 0.590. The monoisotopic (exact) mass is 326 g/mol. The van der Waals surface area contributed by atoms with Crippen LogP contribution in [-0.2, 0) is 0 Å². The first-order chi connectivity index (χ1) is 12.2. The molecule has 0 amide bonds. The number of Topliss-reactive ketones (excluding diaryl/α,β-unsaturated/α-hetero) is 1. The molecule has 122 valence electrons. The Hall–Kier alpha value is -3.13. The molecule has 0 aromatic heterocycles. The summed E-state index contributed by atoms with van der Waals surface area (Å²) in [7, 11) is 0. The third-order valence-corrected chi connectivity index (χ3v) is 4.39. The van der Waals surface area contributed by atoms with Crippen LogP contribution in [0.1, 0.15) is 33.2 Å². The lowest BCUT2D eigenvalue weighted by Crippen LogP contribution is -2.23. The number of aryl methyl sites for hydroxylation is 1. The fourth-order valence-electron chi connectivity index (χ4n) is 3.18. The summed E-state index contributed by atoms with van der Waals surface area (Å²) in [6.07, 6.45) is 1.55. The van der Waals surface area contributed by atoms with Crippen LogP contribution < -0.4 is 4.74 Å². The number of carbonyl (C=O) groups excluding carboxylic acids is 1. The summed E-state index contributed by atoms with van der Waals surface area (Å²) in [4.78, 5) is 13.1. The molecule has 2 heteroatoms. The van der Waals surface area contributed by atoms with Gasteiger partial charge in [-0.25, -0.2) is 0 Å². The molecule has 1 heterocycles. The van der Waals surface area contributed by atoms with Crippen LogP contribution in [0.4, 0.5) is 0 Å². The van der Waals surface area contributed by atoms with E-state index in [-0.39, 0.29) is 5.78 Å². The van der Waals surface area contributed by atoms with E-state index >= 15 is 0 Å². The zero-order valence-corrected chi connectivity index (χ0v) is 14.0. The Morgan fingerprint density at radius 1 is 0.880 bits per heavy atom. The highest BCUT2D eigenvalue weighted by atomic mass is 16.5. The number of hydrogen-bond acceptors (Lipinski definition) is 2. The molecule has 0 N–H and O–H groups in total. The van der Waals surface area contributed by atoms with Crippen molar-refractivity contribution >= 4 is 11.9 Å². The van der Waals surface area contributed by atoms with Crippen molar-refractivity contribution in [1.29, 1.82) is 0 Å². The lowest BCUT2D eigenvalue weighted by Gasteiger charge is -2.28. The molecule has 2 nitrogen and oxygen atoms in total. The van der Waals surface area contributed by atoms with E-state index in [4.69, 9.17) is 4.74 Å². The second-order valence-electron chi connectivity index (χ2n) is 6.25. The molecule has 0 saturated heterocycles. The smallest absolute Gasteiger partial charge is 0.196 e. The summed E-state index contributed by atoms with van der Waals surface area (Å²) in [5, 5.41) is 0. The number of ether oxygens (including phenoxy) is 1. The van der Waals surface area contributed by atoms with Crippen molar-refractivity contribution < 1.29 is 9.53 Å². The van der Waals surface area contributed by atoms with E-state index in [1.54, 1.807) is 0 Å². The van der Waals surface area contributed by atoms with Crippen LogP contribution in [0, 0.1) is 6.92 Å². The maximum atomic E-state index is 13.1. The van der Waals surface area contributed by atoms with Gasteiger partial charge in [-0.1, -0.05) is 72.3 Å². The van der Waals surface area contributed by atoms with Crippen molar-refractivity contribution in [3.8, 4) is 5.75 Å². The topological polar surface area (TPSA) is 26.3 Å². The maximum absolute atomic E-state index is 13.1. The zero-order chi connectivity index (χ0) is 17.2. The fourth-order valence-corrected chi connectivity index (χ4v) is 3.18. The highest BCUT2D eigenvalue weighted by molar-refractivity contribution is 6.14. The second kappa shape index (κ2) is 6.40. The summed E-state index contributed by atoms with van der Waals surface area (Å²) < 4.78 is 6.21. The lowest BCUT2D eigenvalue weighted by molar-refractivity contribution is 0.0963. The highest BCUT2D eigenvalue weighted by Crippen LogP contribution is 2.39. The minimum atomic E-state index is -0.399. The summed E-state index contributed by atoms with van der Waals surface area (Å²) in [6, 6.07) is 25.5. The van der Waals surface area contributed by atoms with Crippen molar-refractivity contribution in [2.45, 2.75) is 13.0 Å². The molecule has 0 fully saturated rings. The Kier molecular flexibility index (Phi) is 3.95. The van der Waals surface area contributed by atoms with Crippen LogP contribution in [0.15, 0.2) is 84.4 Å². The van der Waals surface area contributed by atoms with E-state index in [1.165, 1.54) is 0 Å². The first-order valence-corrected chi connectivity index (χ1v) is 8.36. The summed E-state index contributed by atoms with van der Waals surface area (Å²) >= 11 is 0. The average Bonchev–Trinajstić information content (AvgIpc) is 2.65. The summed E-state index contributed by atoms with van der Waals surface area (Å²) in [5.41, 5.74) is 4.43. The van der Waals surface area contributed by atoms with Gasteiger partial charge in [0, 0.05) is 5.57 Å². The molecule has 25 heavy (non-hydrogen) atoms. The van der Waals surface area contributed by atoms with Gasteiger partial charge in [-0.2, -0.15) is 0 Å². The lowest BCUT2D eigenvalue weighted by atomic mass is 9.89. The van der Waals surface area contributed by atoms with Gasteiger partial charge in [-0.15, -0.1) is 0 Å². The van der Waals surface area contributed by atoms with Gasteiger partial charge >= 0.3 is 0 Å². The van der Waals surface area contributed by atoms with Crippen LogP contribution in [0.2, 0.25) is 0 Å². The van der Waals surface area contributed by atoms with Gasteiger partial charge in [0.25, 0.3) is 0 Å². The Morgan fingerprint density at radius 3 is 2.44 bits per heavy atom. The number of para-hydroxylation sites is 1. The maximum Gasteiger partial charge on any atom is 0.196 e. The SMILES string of the molecule is Cc1cccc(/C=C2/C(=O)c3ccccc3O[C@@H]2c2ccccc2)c1. The number of hydrogen-bond donors (Lipinski definition) is 0. The van der Waals surface area contributed by atoms with E-state index < -0.39 is 6.10 Å². The van der Waals surface area contributed by atoms with E-state index in [2.05, 4.69) is 6.07 Å². The van der Waals surface area contributed by atoms with Gasteiger partial charge < -0.3 is 4.74 Å². The number of fused-ring (bicyclic) bond motifs is 1. The average molecular weight is 326 g/mol. The van der Waals surface area contributed by atoms with Crippen molar-refractivity contribution in [2.75, 3.05) is 0 Å². The molecule has 0 saturated carbocycles. The van der Waals surface area contributed by atoms with Crippen molar-refractivity contribution in [3.05, 3.63) is 107 Å². The second-order valence-corrected chi connectivity index (χ2v) is 6.25. The molecule has 1 atom stereocenters. The normalized spacial score (nSPS) is 17.9. The molecule has 1 aliphatic heterocycles. The van der Waals surface area contributed by atoms with E-state index in [9.17, 15) is 4.79 Å². The Balaban J connectivity index is 1.87. The van der Waals surface area contributed by atoms with E-state index in [0.29, 0.717) is 16.9 Å². The Morgan fingerprint density at radius 2 is 1.64 bits per heavy atom. The Bertz CT molecular complexity index is 955. The number of rotatable bonds is 2. The number of ketones is 1. The van der Waals surface area contributed by atoms with Gasteiger partial charge in [0.05, 0.1) is 5.56 Å². The van der Waals surface area contributed by atoms with Crippen LogP contribution in [0.3, 0.4) is 0 Å². The van der Waals surface area contributed by atoms with Crippen LogP contribution in [0.5, 0.6) is 5.75 Å². The Labute approximate surface area is 147 Å². The van der Waals surface area contributed by atoms with Crippen molar-refractivity contribution in [3.63, 3.8) is 0 Å². The first-order valence-electron chi connectivity index (χ1n) is 8.36. The molecular weight excluding hydrogens is 308 g/mol. The largest absolute Gasteiger partial charge is 0.480 e. The molecule has 0 radical (unpaired) electrons. The van der Waals surface area contributed by atoms with Gasteiger partial charge in [-0.05, 0) is 36.3 Å². The molecule has 4 rings (SSSR count). The predicted molar refractivity (Wildman–Crippen MR) is 99.7 cm³/mol. The molecule has 0 spiro atoms. The molecular formula is C23H18O2. The van der Waals surface area contributed by atoms with Gasteiger partial charge in [-0.3, -0.25) is 4.79 Å². The van der Waals surface area contributed by atoms with Crippen molar-refractivity contribution in [2.24, 2.45) is 0 Å². The van der Waals surface area contributed by atoms with Crippen LogP contribution in [0.25, 0.3) is 6.08 Å². The molecule has 0 aliphatic carbocycles. The third-order valence-electron chi connectivity index (χ3n) is 4.39. The standard InChI is InChI=1S/C23H18O2/c1-16-8-7-9-17(14-16)15-20-22(24)19-12-5-6-13-21(19)25-23(20)18-10-3-2-4-11-18/h2-15,23H,1H3/b20-15-/t23-/m1/s1. The third kappa shape index (κ3) is 2.99. The van der Waals surface area contributed by atoms with Gasteiger partial charge in [0.15, 0.2) is 11.9 Å². The number of benzene rings is 3. The highest BCUT2D eigenvalue weighted by Gasteiger charge is 2.32. The van der Waals surface area contributed by atoms with Gasteiger partial charge in [0.2, 0.25) is 0 Å². The molecule has 1 aliphatic rings. The molecule has 0 unspecified atom stereocenters. The van der Waals surface area contributed by atoms with E-state index in [0.717, 1.165) is 16.7 Å². The predicted octanol–water partition coefficient (Wildman–Crippen LogP) is 5.40. The van der Waals surface area contributed by atoms with Crippen LogP contribution >= 0.6 is 0 Å². The summed E-state index contributed by atoms with van der Waals surface area (Å²) in [5.74, 6) is 0.667. The number of carbonyl (C=O) groups is 1.